The van der Waals surface area contributed by atoms with E-state index in [1.165, 1.54) is 12.4 Å². The molecule has 1 aliphatic rings. The van der Waals surface area contributed by atoms with Gasteiger partial charge in [0, 0.05) is 35.1 Å². The molecular weight excluding hydrogens is 576 g/mol. The molecule has 5 rings (SSSR count). The molecule has 1 saturated carbocycles. The van der Waals surface area contributed by atoms with Crippen molar-refractivity contribution in [1.82, 2.24) is 25.0 Å². The lowest BCUT2D eigenvalue weighted by Gasteiger charge is -2.23. The molecule has 0 radical (unpaired) electrons. The fraction of sp³-hybridized carbons (Fsp3) is 0.393. The van der Waals surface area contributed by atoms with Crippen LogP contribution in [-0.2, 0) is 5.54 Å². The minimum atomic E-state index is -4.45. The van der Waals surface area contributed by atoms with Crippen LogP contribution in [0.15, 0.2) is 36.7 Å². The zero-order valence-corrected chi connectivity index (χ0v) is 24.2. The molecular formula is C28H27Cl2F3N8. The fourth-order valence-corrected chi connectivity index (χ4v) is 5.13. The number of pyridine rings is 2. The van der Waals surface area contributed by atoms with Gasteiger partial charge in [0.05, 0.1) is 34.0 Å². The number of alkyl halides is 3. The van der Waals surface area contributed by atoms with Crippen LogP contribution in [0.25, 0.3) is 10.9 Å². The molecule has 0 spiro atoms. The molecule has 13 heteroatoms. The van der Waals surface area contributed by atoms with Crippen LogP contribution in [0.2, 0.25) is 10.2 Å². The van der Waals surface area contributed by atoms with Crippen molar-refractivity contribution in [2.75, 3.05) is 17.2 Å². The molecule has 41 heavy (non-hydrogen) atoms. The Labute approximate surface area is 244 Å². The lowest BCUT2D eigenvalue weighted by atomic mass is 9.96. The highest BCUT2D eigenvalue weighted by Crippen LogP contribution is 2.55. The first-order valence-corrected chi connectivity index (χ1v) is 13.6. The van der Waals surface area contributed by atoms with Crippen molar-refractivity contribution >= 4 is 45.5 Å². The maximum Gasteiger partial charge on any atom is 0.413 e. The van der Waals surface area contributed by atoms with E-state index >= 15 is 0 Å². The Morgan fingerprint density at radius 1 is 1.17 bits per heavy atom. The molecule has 0 saturated heterocycles. The van der Waals surface area contributed by atoms with Crippen LogP contribution in [0, 0.1) is 23.7 Å². The highest BCUT2D eigenvalue weighted by Gasteiger charge is 2.66. The molecule has 3 heterocycles. The van der Waals surface area contributed by atoms with Crippen molar-refractivity contribution in [2.24, 2.45) is 5.41 Å². The van der Waals surface area contributed by atoms with Gasteiger partial charge in [0.1, 0.15) is 16.9 Å². The zero-order chi connectivity index (χ0) is 29.7. The summed E-state index contributed by atoms with van der Waals surface area (Å²) in [5.74, 6) is 0. The van der Waals surface area contributed by atoms with Gasteiger partial charge in [-0.3, -0.25) is 4.98 Å². The standard InChI is InChI=1S/C28H27Cl2F3N8/c1-15-18(5-6-22(30)37-15)25(21-13-41(40-39-21)27(7-8-27)28(31,32)33)38-17-9-19-23(36-14-26(2,3)4)16(11-34)12-35-24(19)20(29)10-17/h5-6,9-10,12-13,25,38H,7-8,14H2,1-4H3,(H,35,36). The second-order valence-electron chi connectivity index (χ2n) is 11.4. The van der Waals surface area contributed by atoms with Crippen molar-refractivity contribution in [3.63, 3.8) is 0 Å². The van der Waals surface area contributed by atoms with Crippen LogP contribution in [0.4, 0.5) is 24.5 Å². The minimum absolute atomic E-state index is 0.0578. The summed E-state index contributed by atoms with van der Waals surface area (Å²) in [6, 6.07) is 8.25. The first kappa shape index (κ1) is 28.9. The number of nitriles is 1. The lowest BCUT2D eigenvalue weighted by molar-refractivity contribution is -0.182. The van der Waals surface area contributed by atoms with Crippen LogP contribution in [0.5, 0.6) is 0 Å². The molecule has 2 N–H and O–H groups in total. The Hall–Kier alpha value is -3.62. The molecule has 1 fully saturated rings. The van der Waals surface area contributed by atoms with Gasteiger partial charge in [0.15, 0.2) is 5.54 Å². The number of aromatic nitrogens is 5. The van der Waals surface area contributed by atoms with Gasteiger partial charge >= 0.3 is 6.18 Å². The van der Waals surface area contributed by atoms with Crippen LogP contribution in [0.3, 0.4) is 0 Å². The van der Waals surface area contributed by atoms with E-state index in [1.54, 1.807) is 31.2 Å². The highest BCUT2D eigenvalue weighted by molar-refractivity contribution is 6.35. The van der Waals surface area contributed by atoms with E-state index < -0.39 is 17.8 Å². The summed E-state index contributed by atoms with van der Waals surface area (Å²) in [7, 11) is 0. The van der Waals surface area contributed by atoms with Crippen LogP contribution < -0.4 is 10.6 Å². The molecule has 3 aromatic heterocycles. The Morgan fingerprint density at radius 3 is 2.51 bits per heavy atom. The summed E-state index contributed by atoms with van der Waals surface area (Å²) < 4.78 is 42.4. The summed E-state index contributed by atoms with van der Waals surface area (Å²) in [5.41, 5.74) is 1.32. The number of rotatable bonds is 7. The van der Waals surface area contributed by atoms with Gasteiger partial charge in [0.2, 0.25) is 0 Å². The van der Waals surface area contributed by atoms with Crippen molar-refractivity contribution < 1.29 is 13.2 Å². The zero-order valence-electron chi connectivity index (χ0n) is 22.7. The van der Waals surface area contributed by atoms with Crippen molar-refractivity contribution in [3.8, 4) is 6.07 Å². The van der Waals surface area contributed by atoms with Gasteiger partial charge in [-0.1, -0.05) is 55.3 Å². The third-order valence-electron chi connectivity index (χ3n) is 7.05. The number of fused-ring (bicyclic) bond motifs is 1. The summed E-state index contributed by atoms with van der Waals surface area (Å²) in [6.45, 7) is 8.54. The molecule has 1 aromatic carbocycles. The molecule has 1 atom stereocenters. The molecule has 0 bridgehead atoms. The molecule has 0 amide bonds. The largest absolute Gasteiger partial charge is 0.413 e. The predicted octanol–water partition coefficient (Wildman–Crippen LogP) is 7.42. The third-order valence-corrected chi connectivity index (χ3v) is 7.55. The van der Waals surface area contributed by atoms with E-state index in [9.17, 15) is 18.4 Å². The van der Waals surface area contributed by atoms with Gasteiger partial charge < -0.3 is 10.6 Å². The van der Waals surface area contributed by atoms with E-state index in [4.69, 9.17) is 23.2 Å². The van der Waals surface area contributed by atoms with Crippen molar-refractivity contribution in [1.29, 1.82) is 5.26 Å². The molecule has 214 valence electrons. The van der Waals surface area contributed by atoms with Crippen LogP contribution in [-0.4, -0.2) is 37.7 Å². The number of benzene rings is 1. The Balaban J connectivity index is 1.61. The van der Waals surface area contributed by atoms with E-state index in [2.05, 4.69) is 57.8 Å². The maximum atomic E-state index is 13.8. The van der Waals surface area contributed by atoms with E-state index in [0.29, 0.717) is 50.7 Å². The molecule has 0 aliphatic heterocycles. The molecule has 4 aromatic rings. The molecule has 1 unspecified atom stereocenters. The molecule has 1 aliphatic carbocycles. The lowest BCUT2D eigenvalue weighted by Crippen LogP contribution is -2.35. The van der Waals surface area contributed by atoms with Gasteiger partial charge in [-0.05, 0) is 43.4 Å². The number of halogens is 5. The smallest absolute Gasteiger partial charge is 0.383 e. The van der Waals surface area contributed by atoms with Gasteiger partial charge in [-0.15, -0.1) is 5.10 Å². The number of nitrogens with one attached hydrogen (secondary N) is 2. The number of nitrogens with zero attached hydrogens (tertiary/aromatic N) is 6. The third kappa shape index (κ3) is 5.63. The summed E-state index contributed by atoms with van der Waals surface area (Å²) in [4.78, 5) is 8.73. The minimum Gasteiger partial charge on any atom is -0.383 e. The van der Waals surface area contributed by atoms with Crippen LogP contribution >= 0.6 is 23.2 Å². The maximum absolute atomic E-state index is 13.8. The first-order valence-electron chi connectivity index (χ1n) is 12.9. The number of aryl methyl sites for hydroxylation is 1. The topological polar surface area (TPSA) is 104 Å². The summed E-state index contributed by atoms with van der Waals surface area (Å²) >= 11 is 12.8. The number of anilines is 2. The number of hydrogen-bond acceptors (Lipinski definition) is 7. The van der Waals surface area contributed by atoms with Gasteiger partial charge in [0.25, 0.3) is 0 Å². The van der Waals surface area contributed by atoms with E-state index in [1.807, 2.05) is 0 Å². The number of hydrogen-bond donors (Lipinski definition) is 2. The molecule has 8 nitrogen and oxygen atoms in total. The van der Waals surface area contributed by atoms with Crippen LogP contribution in [0.1, 0.15) is 62.2 Å². The summed E-state index contributed by atoms with van der Waals surface area (Å²) in [6.07, 6.45) is -1.77. The quantitative estimate of drug-likeness (QED) is 0.212. The first-order chi connectivity index (χ1) is 19.2. The Morgan fingerprint density at radius 2 is 1.90 bits per heavy atom. The average molecular weight is 603 g/mol. The summed E-state index contributed by atoms with van der Waals surface area (Å²) in [5, 5.41) is 25.8. The van der Waals surface area contributed by atoms with Gasteiger partial charge in [-0.25, -0.2) is 9.67 Å². The SMILES string of the molecule is Cc1nc(Cl)ccc1C(Nc1cc(Cl)c2ncc(C#N)c(NCC(C)(C)C)c2c1)c1cn(C2(C(F)(F)F)CC2)nn1. The van der Waals surface area contributed by atoms with Gasteiger partial charge in [-0.2, -0.15) is 18.4 Å². The van der Waals surface area contributed by atoms with E-state index in [0.717, 1.165) is 4.68 Å². The Kier molecular flexibility index (Phi) is 7.28. The predicted molar refractivity (Wildman–Crippen MR) is 152 cm³/mol. The highest BCUT2D eigenvalue weighted by atomic mass is 35.5. The second-order valence-corrected chi connectivity index (χ2v) is 12.2. The fourth-order valence-electron chi connectivity index (χ4n) is 4.67. The average Bonchev–Trinajstić information content (AvgIpc) is 3.57. The monoisotopic (exact) mass is 602 g/mol. The normalized spacial score (nSPS) is 15.4. The van der Waals surface area contributed by atoms with Crippen molar-refractivity contribution in [2.45, 2.75) is 58.3 Å². The van der Waals surface area contributed by atoms with E-state index in [-0.39, 0.29) is 29.1 Å². The van der Waals surface area contributed by atoms with Crippen molar-refractivity contribution in [3.05, 3.63) is 69.3 Å². The second kappa shape index (κ2) is 10.3. The Bertz CT molecular complexity index is 1670.